The fourth-order valence-corrected chi connectivity index (χ4v) is 4.53. The number of aromatic amines is 1. The van der Waals surface area contributed by atoms with Crippen LogP contribution in [-0.4, -0.2) is 39.0 Å². The van der Waals surface area contributed by atoms with Crippen LogP contribution in [-0.2, 0) is 6.42 Å². The van der Waals surface area contributed by atoms with E-state index in [2.05, 4.69) is 20.8 Å². The van der Waals surface area contributed by atoms with E-state index in [4.69, 9.17) is 0 Å². The Balaban J connectivity index is 1.52. The van der Waals surface area contributed by atoms with Crippen LogP contribution in [0.3, 0.4) is 0 Å². The molecule has 7 nitrogen and oxygen atoms in total. The zero-order valence-electron chi connectivity index (χ0n) is 18.9. The zero-order chi connectivity index (χ0) is 23.2. The van der Waals surface area contributed by atoms with Crippen LogP contribution in [0.5, 0.6) is 0 Å². The summed E-state index contributed by atoms with van der Waals surface area (Å²) in [6.07, 6.45) is 7.68. The molecule has 0 bridgehead atoms. The highest BCUT2D eigenvalue weighted by molar-refractivity contribution is 5.94. The Kier molecular flexibility index (Phi) is 7.54. The average molecular weight is 449 g/mol. The smallest absolute Gasteiger partial charge is 0.251 e. The Hall–Kier alpha value is -3.00. The van der Waals surface area contributed by atoms with Crippen molar-refractivity contribution >= 4 is 5.91 Å². The van der Waals surface area contributed by atoms with Crippen LogP contribution >= 0.6 is 0 Å². The van der Waals surface area contributed by atoms with E-state index < -0.39 is 12.3 Å². The number of rotatable bonds is 9. The molecule has 0 radical (unpaired) electrons. The summed E-state index contributed by atoms with van der Waals surface area (Å²) < 4.78 is 0. The molecule has 4 rings (SSSR count). The molecule has 1 aromatic heterocycles. The van der Waals surface area contributed by atoms with E-state index in [1.807, 2.05) is 43.5 Å². The van der Waals surface area contributed by atoms with E-state index in [0.29, 0.717) is 5.56 Å². The summed E-state index contributed by atoms with van der Waals surface area (Å²) in [7, 11) is 0. The van der Waals surface area contributed by atoms with E-state index in [1.165, 1.54) is 0 Å². The van der Waals surface area contributed by atoms with Crippen LogP contribution in [0.1, 0.15) is 71.9 Å². The second kappa shape index (κ2) is 10.7. The van der Waals surface area contributed by atoms with Gasteiger partial charge in [0.15, 0.2) is 0 Å². The third-order valence-electron chi connectivity index (χ3n) is 6.44. The summed E-state index contributed by atoms with van der Waals surface area (Å²) in [6, 6.07) is 12.9. The highest BCUT2D eigenvalue weighted by atomic mass is 16.3. The van der Waals surface area contributed by atoms with Gasteiger partial charge in [-0.15, -0.1) is 0 Å². The molecular formula is C26H32N4O3. The number of nitrogens with one attached hydrogen (secondary N) is 3. The minimum Gasteiger partial charge on any atom is -0.394 e. The Morgan fingerprint density at radius 2 is 2.00 bits per heavy atom. The van der Waals surface area contributed by atoms with E-state index in [1.54, 1.807) is 18.3 Å². The van der Waals surface area contributed by atoms with Gasteiger partial charge in [0.1, 0.15) is 6.23 Å². The van der Waals surface area contributed by atoms with Gasteiger partial charge in [0.2, 0.25) is 0 Å². The van der Waals surface area contributed by atoms with Gasteiger partial charge in [-0.25, -0.2) is 0 Å². The van der Waals surface area contributed by atoms with Crippen LogP contribution in [0.15, 0.2) is 54.9 Å². The third kappa shape index (κ3) is 5.50. The minimum absolute atomic E-state index is 0.0953. The number of amides is 1. The summed E-state index contributed by atoms with van der Waals surface area (Å²) in [5.74, 6) is -0.0953. The van der Waals surface area contributed by atoms with Gasteiger partial charge >= 0.3 is 0 Å². The first-order chi connectivity index (χ1) is 16.1. The second-order valence-corrected chi connectivity index (χ2v) is 8.64. The van der Waals surface area contributed by atoms with Crippen molar-refractivity contribution in [2.45, 2.75) is 57.3 Å². The first kappa shape index (κ1) is 23.2. The molecule has 1 aliphatic carbocycles. The first-order valence-corrected chi connectivity index (χ1v) is 11.7. The number of nitrogens with zero attached hydrogens (tertiary/aromatic N) is 1. The molecule has 0 saturated heterocycles. The van der Waals surface area contributed by atoms with Crippen molar-refractivity contribution in [2.75, 3.05) is 6.61 Å². The fraction of sp³-hybridized carbons (Fsp3) is 0.385. The van der Waals surface area contributed by atoms with E-state index in [-0.39, 0.29) is 18.6 Å². The number of hydrogen-bond donors (Lipinski definition) is 5. The number of carbonyl (C=O) groups is 1. The summed E-state index contributed by atoms with van der Waals surface area (Å²) >= 11 is 0. The van der Waals surface area contributed by atoms with Gasteiger partial charge in [0, 0.05) is 23.4 Å². The monoisotopic (exact) mass is 448 g/mol. The maximum atomic E-state index is 12.7. The largest absolute Gasteiger partial charge is 0.394 e. The van der Waals surface area contributed by atoms with Crippen molar-refractivity contribution in [1.29, 1.82) is 0 Å². The molecule has 2 aromatic carbocycles. The van der Waals surface area contributed by atoms with Crippen LogP contribution in [0.4, 0.5) is 0 Å². The van der Waals surface area contributed by atoms with Gasteiger partial charge < -0.3 is 15.5 Å². The van der Waals surface area contributed by atoms with Gasteiger partial charge in [0.05, 0.1) is 18.8 Å². The topological polar surface area (TPSA) is 110 Å². The van der Waals surface area contributed by atoms with Gasteiger partial charge in [-0.2, -0.15) is 5.10 Å². The van der Waals surface area contributed by atoms with Crippen molar-refractivity contribution in [3.63, 3.8) is 0 Å². The Labute approximate surface area is 194 Å². The highest BCUT2D eigenvalue weighted by Gasteiger charge is 2.21. The number of carbonyl (C=O) groups excluding carboxylic acids is 1. The lowest BCUT2D eigenvalue weighted by Crippen LogP contribution is -2.33. The molecule has 5 N–H and O–H groups in total. The molecule has 2 atom stereocenters. The summed E-state index contributed by atoms with van der Waals surface area (Å²) in [4.78, 5) is 12.7. The van der Waals surface area contributed by atoms with Crippen molar-refractivity contribution in [1.82, 2.24) is 20.8 Å². The average Bonchev–Trinajstić information content (AvgIpc) is 3.56. The first-order valence-electron chi connectivity index (χ1n) is 11.7. The zero-order valence-corrected chi connectivity index (χ0v) is 18.9. The number of aryl methyl sites for hydroxylation is 1. The van der Waals surface area contributed by atoms with Gasteiger partial charge in [-0.05, 0) is 59.7 Å². The fourth-order valence-electron chi connectivity index (χ4n) is 4.53. The maximum absolute atomic E-state index is 12.7. The molecule has 0 spiro atoms. The number of aliphatic hydroxyl groups excluding tert-OH is 2. The number of hydrogen-bond acceptors (Lipinski definition) is 5. The second-order valence-electron chi connectivity index (χ2n) is 8.64. The Bertz CT molecular complexity index is 1060. The van der Waals surface area contributed by atoms with E-state index >= 15 is 0 Å². The number of H-pyrrole nitrogens is 1. The molecule has 1 heterocycles. The molecule has 1 amide bonds. The van der Waals surface area contributed by atoms with Crippen molar-refractivity contribution in [3.05, 3.63) is 77.1 Å². The molecule has 33 heavy (non-hydrogen) atoms. The molecule has 3 aromatic rings. The summed E-state index contributed by atoms with van der Waals surface area (Å²) in [5.41, 5.74) is 4.96. The molecule has 7 heteroatoms. The van der Waals surface area contributed by atoms with Crippen LogP contribution in [0.2, 0.25) is 0 Å². The third-order valence-corrected chi connectivity index (χ3v) is 6.44. The molecular weight excluding hydrogens is 416 g/mol. The van der Waals surface area contributed by atoms with Crippen molar-refractivity contribution in [2.24, 2.45) is 0 Å². The molecule has 1 saturated carbocycles. The van der Waals surface area contributed by atoms with E-state index in [0.717, 1.165) is 59.9 Å². The lowest BCUT2D eigenvalue weighted by Gasteiger charge is -2.24. The molecule has 174 valence electrons. The van der Waals surface area contributed by atoms with Crippen molar-refractivity contribution < 1.29 is 15.0 Å². The standard InChI is InChI=1S/C26H32N4O3/c1-2-17-10-11-18(21-14-27-28-15-21)13-23(17)26(33)30-24(16-31)19-6-5-7-20(12-19)25(32)29-22-8-3-4-9-22/h5-7,10-15,22,24,26,30-31,33H,2-4,8-9,16H2,1H3,(H,27,28)(H,29,32)/t24-,26?/m1/s1. The quantitative estimate of drug-likeness (QED) is 0.321. The SMILES string of the molecule is CCc1ccc(-c2cn[nH]c2)cc1C(O)N[C@H](CO)c1cccc(C(=O)NC2CCCC2)c1. The Morgan fingerprint density at radius 1 is 1.18 bits per heavy atom. The minimum atomic E-state index is -0.986. The van der Waals surface area contributed by atoms with Crippen LogP contribution < -0.4 is 10.6 Å². The molecule has 1 aliphatic rings. The number of aliphatic hydroxyl groups is 2. The number of benzene rings is 2. The molecule has 0 aliphatic heterocycles. The number of aromatic nitrogens is 2. The molecule has 1 fully saturated rings. The highest BCUT2D eigenvalue weighted by Crippen LogP contribution is 2.27. The maximum Gasteiger partial charge on any atom is 0.251 e. The lowest BCUT2D eigenvalue weighted by atomic mass is 9.97. The van der Waals surface area contributed by atoms with Gasteiger partial charge in [0.25, 0.3) is 5.91 Å². The lowest BCUT2D eigenvalue weighted by molar-refractivity contribution is 0.0937. The summed E-state index contributed by atoms with van der Waals surface area (Å²) in [6.45, 7) is 1.83. The predicted octanol–water partition coefficient (Wildman–Crippen LogP) is 3.63. The van der Waals surface area contributed by atoms with Crippen LogP contribution in [0, 0.1) is 0 Å². The van der Waals surface area contributed by atoms with Crippen LogP contribution in [0.25, 0.3) is 11.1 Å². The van der Waals surface area contributed by atoms with Gasteiger partial charge in [-0.3, -0.25) is 15.2 Å². The normalized spacial score (nSPS) is 16.0. The Morgan fingerprint density at radius 3 is 2.70 bits per heavy atom. The summed E-state index contributed by atoms with van der Waals surface area (Å²) in [5, 5.41) is 34.2. The predicted molar refractivity (Wildman–Crippen MR) is 127 cm³/mol. The van der Waals surface area contributed by atoms with Crippen molar-refractivity contribution in [3.8, 4) is 11.1 Å². The molecule has 1 unspecified atom stereocenters. The van der Waals surface area contributed by atoms with Gasteiger partial charge in [-0.1, -0.05) is 44.0 Å². The van der Waals surface area contributed by atoms with E-state index in [9.17, 15) is 15.0 Å².